The number of nitrogens with zero attached hydrogens (tertiary/aromatic N) is 2. The first-order valence-electron chi connectivity index (χ1n) is 7.34. The van der Waals surface area contributed by atoms with Crippen LogP contribution >= 0.6 is 0 Å². The molecule has 1 saturated heterocycles. The van der Waals surface area contributed by atoms with E-state index in [4.69, 9.17) is 0 Å². The molecule has 106 valence electrons. The SMILES string of the molecule is Cc1cccc(NCCN(C)C2CCN(C)CC2)c1. The zero-order chi connectivity index (χ0) is 13.7. The van der Waals surface area contributed by atoms with Crippen molar-refractivity contribution in [1.29, 1.82) is 0 Å². The molecule has 0 amide bonds. The van der Waals surface area contributed by atoms with Crippen molar-refractivity contribution in [2.75, 3.05) is 45.6 Å². The van der Waals surface area contributed by atoms with Gasteiger partial charge in [0.25, 0.3) is 0 Å². The van der Waals surface area contributed by atoms with E-state index in [-0.39, 0.29) is 0 Å². The lowest BCUT2D eigenvalue weighted by molar-refractivity contribution is 0.148. The van der Waals surface area contributed by atoms with Gasteiger partial charge in [-0.15, -0.1) is 0 Å². The Balaban J connectivity index is 1.70. The molecule has 1 aromatic carbocycles. The fraction of sp³-hybridized carbons (Fsp3) is 0.625. The van der Waals surface area contributed by atoms with Crippen LogP contribution in [0.5, 0.6) is 0 Å². The van der Waals surface area contributed by atoms with Gasteiger partial charge in [0.1, 0.15) is 0 Å². The van der Waals surface area contributed by atoms with Crippen LogP contribution < -0.4 is 5.32 Å². The summed E-state index contributed by atoms with van der Waals surface area (Å²) in [4.78, 5) is 4.94. The zero-order valence-electron chi connectivity index (χ0n) is 12.5. The van der Waals surface area contributed by atoms with Crippen molar-refractivity contribution in [2.45, 2.75) is 25.8 Å². The van der Waals surface area contributed by atoms with Gasteiger partial charge in [-0.05, 0) is 64.6 Å². The number of hydrogen-bond acceptors (Lipinski definition) is 3. The van der Waals surface area contributed by atoms with Crippen molar-refractivity contribution in [3.63, 3.8) is 0 Å². The molecule has 1 aliphatic rings. The van der Waals surface area contributed by atoms with Gasteiger partial charge in [0.05, 0.1) is 0 Å². The average Bonchev–Trinajstić information content (AvgIpc) is 2.39. The lowest BCUT2D eigenvalue weighted by atomic mass is 10.0. The second-order valence-corrected chi connectivity index (χ2v) is 5.81. The highest BCUT2D eigenvalue weighted by Crippen LogP contribution is 2.14. The van der Waals surface area contributed by atoms with Crippen LogP contribution in [0.25, 0.3) is 0 Å². The lowest BCUT2D eigenvalue weighted by Gasteiger charge is -2.35. The molecule has 0 unspecified atom stereocenters. The number of aryl methyl sites for hydroxylation is 1. The Morgan fingerprint density at radius 2 is 2.05 bits per heavy atom. The second-order valence-electron chi connectivity index (χ2n) is 5.81. The molecule has 0 spiro atoms. The number of nitrogens with one attached hydrogen (secondary N) is 1. The van der Waals surface area contributed by atoms with Crippen LogP contribution in [-0.2, 0) is 0 Å². The van der Waals surface area contributed by atoms with Crippen molar-refractivity contribution in [3.05, 3.63) is 29.8 Å². The van der Waals surface area contributed by atoms with Gasteiger partial charge in [-0.25, -0.2) is 0 Å². The van der Waals surface area contributed by atoms with E-state index >= 15 is 0 Å². The fourth-order valence-corrected chi connectivity index (χ4v) is 2.75. The van der Waals surface area contributed by atoms with E-state index in [1.54, 1.807) is 0 Å². The number of piperidine rings is 1. The molecule has 0 aromatic heterocycles. The summed E-state index contributed by atoms with van der Waals surface area (Å²) >= 11 is 0. The third kappa shape index (κ3) is 4.51. The summed E-state index contributed by atoms with van der Waals surface area (Å²) in [5, 5.41) is 3.51. The first-order valence-corrected chi connectivity index (χ1v) is 7.34. The number of rotatable bonds is 5. The van der Waals surface area contributed by atoms with E-state index < -0.39 is 0 Å². The number of likely N-dealkylation sites (N-methyl/N-ethyl adjacent to an activating group) is 1. The fourth-order valence-electron chi connectivity index (χ4n) is 2.75. The van der Waals surface area contributed by atoms with E-state index in [9.17, 15) is 0 Å². The highest BCUT2D eigenvalue weighted by Gasteiger charge is 2.19. The third-order valence-electron chi connectivity index (χ3n) is 4.12. The predicted molar refractivity (Wildman–Crippen MR) is 82.8 cm³/mol. The molecule has 1 fully saturated rings. The summed E-state index contributed by atoms with van der Waals surface area (Å²) in [5.41, 5.74) is 2.55. The molecule has 1 aromatic rings. The zero-order valence-corrected chi connectivity index (χ0v) is 12.5. The van der Waals surface area contributed by atoms with E-state index in [2.05, 4.69) is 60.4 Å². The van der Waals surface area contributed by atoms with Gasteiger partial charge in [0.2, 0.25) is 0 Å². The molecular formula is C16H27N3. The van der Waals surface area contributed by atoms with Crippen LogP contribution in [0.1, 0.15) is 18.4 Å². The molecule has 0 radical (unpaired) electrons. The molecular weight excluding hydrogens is 234 g/mol. The van der Waals surface area contributed by atoms with Gasteiger partial charge in [0, 0.05) is 24.8 Å². The Morgan fingerprint density at radius 3 is 2.74 bits per heavy atom. The molecule has 19 heavy (non-hydrogen) atoms. The van der Waals surface area contributed by atoms with Gasteiger partial charge in [-0.2, -0.15) is 0 Å². The summed E-state index contributed by atoms with van der Waals surface area (Å²) in [6.45, 7) is 6.74. The highest BCUT2D eigenvalue weighted by atomic mass is 15.2. The molecule has 0 atom stereocenters. The molecule has 3 heteroatoms. The first-order chi connectivity index (χ1) is 9.15. The molecule has 1 heterocycles. The van der Waals surface area contributed by atoms with Crippen molar-refractivity contribution >= 4 is 5.69 Å². The Labute approximate surface area is 117 Å². The van der Waals surface area contributed by atoms with Crippen molar-refractivity contribution in [1.82, 2.24) is 9.80 Å². The molecule has 0 aliphatic carbocycles. The van der Waals surface area contributed by atoms with Gasteiger partial charge >= 0.3 is 0 Å². The molecule has 3 nitrogen and oxygen atoms in total. The van der Waals surface area contributed by atoms with Crippen LogP contribution in [0.2, 0.25) is 0 Å². The second kappa shape index (κ2) is 6.92. The van der Waals surface area contributed by atoms with Crippen LogP contribution in [-0.4, -0.2) is 56.1 Å². The minimum absolute atomic E-state index is 0.760. The predicted octanol–water partition coefficient (Wildman–Crippen LogP) is 2.43. The molecule has 1 aliphatic heterocycles. The summed E-state index contributed by atoms with van der Waals surface area (Å²) in [7, 11) is 4.48. The van der Waals surface area contributed by atoms with E-state index in [1.807, 2.05) is 0 Å². The molecule has 1 N–H and O–H groups in total. The summed E-state index contributed by atoms with van der Waals surface area (Å²) in [6, 6.07) is 9.35. The quantitative estimate of drug-likeness (QED) is 0.878. The monoisotopic (exact) mass is 261 g/mol. The molecule has 2 rings (SSSR count). The highest BCUT2D eigenvalue weighted by molar-refractivity contribution is 5.45. The van der Waals surface area contributed by atoms with E-state index in [0.29, 0.717) is 0 Å². The van der Waals surface area contributed by atoms with Gasteiger partial charge in [-0.1, -0.05) is 12.1 Å². The Bertz CT molecular complexity index is 383. The number of benzene rings is 1. The molecule has 0 saturated carbocycles. The van der Waals surface area contributed by atoms with Gasteiger partial charge in [-0.3, -0.25) is 0 Å². The van der Waals surface area contributed by atoms with Crippen LogP contribution in [0.15, 0.2) is 24.3 Å². The Morgan fingerprint density at radius 1 is 1.32 bits per heavy atom. The van der Waals surface area contributed by atoms with Crippen LogP contribution in [0.3, 0.4) is 0 Å². The number of likely N-dealkylation sites (tertiary alicyclic amines) is 1. The maximum Gasteiger partial charge on any atom is 0.0343 e. The van der Waals surface area contributed by atoms with E-state index in [1.165, 1.54) is 37.2 Å². The van der Waals surface area contributed by atoms with Crippen LogP contribution in [0, 0.1) is 6.92 Å². The average molecular weight is 261 g/mol. The third-order valence-corrected chi connectivity index (χ3v) is 4.12. The largest absolute Gasteiger partial charge is 0.384 e. The van der Waals surface area contributed by atoms with Crippen LogP contribution in [0.4, 0.5) is 5.69 Å². The first kappa shape index (κ1) is 14.4. The van der Waals surface area contributed by atoms with Crippen molar-refractivity contribution < 1.29 is 0 Å². The number of hydrogen-bond donors (Lipinski definition) is 1. The smallest absolute Gasteiger partial charge is 0.0343 e. The van der Waals surface area contributed by atoms with Gasteiger partial charge in [0.15, 0.2) is 0 Å². The van der Waals surface area contributed by atoms with Crippen molar-refractivity contribution in [2.24, 2.45) is 0 Å². The minimum Gasteiger partial charge on any atom is -0.384 e. The normalized spacial score (nSPS) is 17.9. The lowest BCUT2D eigenvalue weighted by Crippen LogP contribution is -2.43. The minimum atomic E-state index is 0.760. The van der Waals surface area contributed by atoms with E-state index in [0.717, 1.165) is 19.1 Å². The maximum atomic E-state index is 3.51. The van der Waals surface area contributed by atoms with Crippen molar-refractivity contribution in [3.8, 4) is 0 Å². The Hall–Kier alpha value is -1.06. The summed E-state index contributed by atoms with van der Waals surface area (Å²) < 4.78 is 0. The Kier molecular flexibility index (Phi) is 5.23. The topological polar surface area (TPSA) is 18.5 Å². The standard InChI is InChI=1S/C16H27N3/c1-14-5-4-6-15(13-14)17-9-12-19(3)16-7-10-18(2)11-8-16/h4-6,13,16-17H,7-12H2,1-3H3. The summed E-state index contributed by atoms with van der Waals surface area (Å²) in [5.74, 6) is 0. The maximum absolute atomic E-state index is 3.51. The number of anilines is 1. The molecule has 0 bridgehead atoms. The summed E-state index contributed by atoms with van der Waals surface area (Å²) in [6.07, 6.45) is 2.61. The van der Waals surface area contributed by atoms with Gasteiger partial charge < -0.3 is 15.1 Å².